The number of hydrazine groups is 1. The van der Waals surface area contributed by atoms with Crippen LogP contribution in [0.3, 0.4) is 0 Å². The van der Waals surface area contributed by atoms with Gasteiger partial charge in [-0.25, -0.2) is 0 Å². The molecule has 4 fully saturated rings. The zero-order chi connectivity index (χ0) is 19.3. The molecule has 1 aromatic rings. The Labute approximate surface area is 166 Å². The Kier molecular flexibility index (Phi) is 6.92. The third-order valence-electron chi connectivity index (χ3n) is 5.26. The molecule has 0 aromatic heterocycles. The van der Waals surface area contributed by atoms with Gasteiger partial charge in [-0.05, 0) is 11.1 Å². The quantitative estimate of drug-likeness (QED) is 0.284. The van der Waals surface area contributed by atoms with Gasteiger partial charge in [0.2, 0.25) is 0 Å². The maximum absolute atomic E-state index is 5.43. The number of rotatable bonds is 12. The molecule has 0 spiro atoms. The van der Waals surface area contributed by atoms with Crippen LogP contribution in [0.15, 0.2) is 24.3 Å². The van der Waals surface area contributed by atoms with Crippen molar-refractivity contribution in [2.45, 2.75) is 37.5 Å². The van der Waals surface area contributed by atoms with E-state index in [4.69, 9.17) is 18.9 Å². The van der Waals surface area contributed by atoms with Gasteiger partial charge in [0.25, 0.3) is 0 Å². The average Bonchev–Trinajstić information content (AvgIpc) is 3.54. The fourth-order valence-electron chi connectivity index (χ4n) is 3.60. The number of epoxide rings is 4. The highest BCUT2D eigenvalue weighted by molar-refractivity contribution is 5.23. The minimum atomic E-state index is 0.421. The summed E-state index contributed by atoms with van der Waals surface area (Å²) in [4.78, 5) is 4.95. The van der Waals surface area contributed by atoms with Crippen LogP contribution >= 0.6 is 0 Å². The van der Waals surface area contributed by atoms with Gasteiger partial charge < -0.3 is 18.9 Å². The summed E-state index contributed by atoms with van der Waals surface area (Å²) in [5.74, 6) is 8.00. The van der Waals surface area contributed by atoms with Crippen LogP contribution < -0.4 is 11.7 Å². The highest BCUT2D eigenvalue weighted by atomic mass is 16.6. The second-order valence-corrected chi connectivity index (χ2v) is 8.03. The third-order valence-corrected chi connectivity index (χ3v) is 5.26. The Bertz CT molecular complexity index is 541. The Morgan fingerprint density at radius 2 is 1.00 bits per heavy atom. The van der Waals surface area contributed by atoms with Gasteiger partial charge in [0, 0.05) is 39.3 Å². The number of benzene rings is 1. The topological polar surface area (TPSA) is 109 Å². The summed E-state index contributed by atoms with van der Waals surface area (Å²) >= 11 is 0. The molecule has 0 saturated carbocycles. The monoisotopic (exact) mass is 392 g/mol. The van der Waals surface area contributed by atoms with Gasteiger partial charge in [-0.3, -0.25) is 21.5 Å². The first kappa shape index (κ1) is 20.2. The predicted molar refractivity (Wildman–Crippen MR) is 104 cm³/mol. The molecule has 4 saturated heterocycles. The van der Waals surface area contributed by atoms with Crippen molar-refractivity contribution in [3.63, 3.8) is 0 Å². The van der Waals surface area contributed by atoms with Crippen molar-refractivity contribution in [2.75, 3.05) is 52.6 Å². The van der Waals surface area contributed by atoms with Gasteiger partial charge in [-0.2, -0.15) is 0 Å². The van der Waals surface area contributed by atoms with E-state index < -0.39 is 0 Å². The van der Waals surface area contributed by atoms with E-state index in [0.29, 0.717) is 24.4 Å². The summed E-state index contributed by atoms with van der Waals surface area (Å²) in [5.41, 5.74) is 2.74. The highest BCUT2D eigenvalue weighted by Gasteiger charge is 2.32. The van der Waals surface area contributed by atoms with Crippen molar-refractivity contribution >= 4 is 0 Å². The fraction of sp³-hybridized carbons (Fsp3) is 0.700. The summed E-state index contributed by atoms with van der Waals surface area (Å²) in [6.45, 7) is 9.58. The summed E-state index contributed by atoms with van der Waals surface area (Å²) < 4.78 is 21.7. The second-order valence-electron chi connectivity index (χ2n) is 8.03. The number of nitrogens with zero attached hydrogens (tertiary/aromatic N) is 2. The first-order valence-corrected chi connectivity index (χ1v) is 10.1. The van der Waals surface area contributed by atoms with Gasteiger partial charge >= 0.3 is 0 Å². The smallest absolute Gasteiger partial charge is 0.0936 e. The summed E-state index contributed by atoms with van der Waals surface area (Å²) in [6, 6.07) is 9.00. The number of ether oxygens (including phenoxy) is 4. The Morgan fingerprint density at radius 3 is 1.29 bits per heavy atom. The molecule has 0 bridgehead atoms. The van der Waals surface area contributed by atoms with Crippen molar-refractivity contribution in [1.82, 2.24) is 9.80 Å². The molecule has 0 aliphatic carbocycles. The molecule has 0 radical (unpaired) electrons. The maximum Gasteiger partial charge on any atom is 0.0936 e. The molecular weight excluding hydrogens is 360 g/mol. The molecule has 4 aliphatic heterocycles. The molecule has 28 heavy (non-hydrogen) atoms. The van der Waals surface area contributed by atoms with Crippen molar-refractivity contribution < 1.29 is 18.9 Å². The van der Waals surface area contributed by atoms with Crippen LogP contribution in [0.2, 0.25) is 0 Å². The first-order valence-electron chi connectivity index (χ1n) is 10.1. The van der Waals surface area contributed by atoms with E-state index in [1.54, 1.807) is 0 Å². The lowest BCUT2D eigenvalue weighted by Gasteiger charge is -2.23. The maximum atomic E-state index is 5.43. The zero-order valence-electron chi connectivity index (χ0n) is 16.4. The average molecular weight is 393 g/mol. The van der Waals surface area contributed by atoms with E-state index in [-0.39, 0.29) is 0 Å². The van der Waals surface area contributed by atoms with E-state index in [1.807, 2.05) is 0 Å². The molecule has 4 aliphatic rings. The van der Waals surface area contributed by atoms with E-state index in [0.717, 1.165) is 65.7 Å². The van der Waals surface area contributed by atoms with Gasteiger partial charge in [-0.1, -0.05) is 24.3 Å². The van der Waals surface area contributed by atoms with E-state index in [9.17, 15) is 0 Å². The van der Waals surface area contributed by atoms with E-state index >= 15 is 0 Å². The van der Waals surface area contributed by atoms with Gasteiger partial charge in [0.05, 0.1) is 50.8 Å². The van der Waals surface area contributed by atoms with Gasteiger partial charge in [-0.15, -0.1) is 0 Å². The molecule has 156 valence electrons. The van der Waals surface area contributed by atoms with E-state index in [1.165, 1.54) is 11.1 Å². The van der Waals surface area contributed by atoms with Crippen LogP contribution in [0.5, 0.6) is 0 Å². The van der Waals surface area contributed by atoms with Crippen LogP contribution in [0, 0.1) is 0 Å². The second kappa shape index (κ2) is 9.60. The standard InChI is InChI=1S/C20H28N2O4.H4N2/c1-2-15(5-21(7-17-11-23-17)8-18-12-24-18)4-16(3-1)6-22(9-19-13-25-19)10-20-14-26-20;1-2/h1-4,17-20H,5-14H2;1-2H2. The highest BCUT2D eigenvalue weighted by Crippen LogP contribution is 2.21. The predicted octanol–water partition coefficient (Wildman–Crippen LogP) is -0.295. The van der Waals surface area contributed by atoms with Gasteiger partial charge in [0.1, 0.15) is 0 Å². The van der Waals surface area contributed by atoms with Crippen LogP contribution in [0.25, 0.3) is 0 Å². The zero-order valence-corrected chi connectivity index (χ0v) is 16.4. The van der Waals surface area contributed by atoms with Crippen molar-refractivity contribution in [3.8, 4) is 0 Å². The van der Waals surface area contributed by atoms with Crippen LogP contribution in [0.1, 0.15) is 11.1 Å². The van der Waals surface area contributed by atoms with Crippen molar-refractivity contribution in [1.29, 1.82) is 0 Å². The van der Waals surface area contributed by atoms with Crippen molar-refractivity contribution in [2.24, 2.45) is 11.7 Å². The molecule has 5 rings (SSSR count). The molecule has 8 heteroatoms. The molecule has 0 amide bonds. The molecular formula is C20H32N4O4. The SMILES string of the molecule is NN.c1cc(CN(CC2CO2)CC2CO2)cc(CN(CC2CO2)CC2CO2)c1. The largest absolute Gasteiger partial charge is 0.372 e. The van der Waals surface area contributed by atoms with Crippen LogP contribution in [0.4, 0.5) is 0 Å². The lowest BCUT2D eigenvalue weighted by atomic mass is 10.1. The Morgan fingerprint density at radius 1 is 0.679 bits per heavy atom. The lowest BCUT2D eigenvalue weighted by Crippen LogP contribution is -2.32. The fourth-order valence-corrected chi connectivity index (χ4v) is 3.60. The normalized spacial score (nSPS) is 29.4. The van der Waals surface area contributed by atoms with Crippen LogP contribution in [-0.2, 0) is 32.0 Å². The number of hydrogen-bond acceptors (Lipinski definition) is 8. The Hall–Kier alpha value is -1.10. The number of hydrogen-bond donors (Lipinski definition) is 2. The molecule has 4 heterocycles. The summed E-state index contributed by atoms with van der Waals surface area (Å²) in [5, 5.41) is 0. The third kappa shape index (κ3) is 7.06. The number of nitrogens with two attached hydrogens (primary N) is 2. The molecule has 8 nitrogen and oxygen atoms in total. The lowest BCUT2D eigenvalue weighted by molar-refractivity contribution is 0.210. The summed E-state index contributed by atoms with van der Waals surface area (Å²) in [7, 11) is 0. The molecule has 4 atom stereocenters. The molecule has 1 aromatic carbocycles. The van der Waals surface area contributed by atoms with Crippen molar-refractivity contribution in [3.05, 3.63) is 35.4 Å². The minimum absolute atomic E-state index is 0.421. The minimum Gasteiger partial charge on any atom is -0.372 e. The molecule has 4 unspecified atom stereocenters. The molecule has 4 N–H and O–H groups in total. The van der Waals surface area contributed by atoms with Crippen LogP contribution in [-0.4, -0.2) is 86.8 Å². The summed E-state index contributed by atoms with van der Waals surface area (Å²) in [6.07, 6.45) is 1.68. The first-order chi connectivity index (χ1) is 13.8. The van der Waals surface area contributed by atoms with E-state index in [2.05, 4.69) is 45.8 Å². The Balaban J connectivity index is 0.000000932. The van der Waals surface area contributed by atoms with Gasteiger partial charge in [0.15, 0.2) is 0 Å².